The fourth-order valence-corrected chi connectivity index (χ4v) is 4.60. The van der Waals surface area contributed by atoms with Crippen molar-refractivity contribution in [1.29, 1.82) is 5.41 Å². The smallest absolute Gasteiger partial charge is 0.353 e. The fraction of sp³-hybridized carbons (Fsp3) is 0.520. The van der Waals surface area contributed by atoms with E-state index in [2.05, 4.69) is 9.88 Å². The molecule has 0 saturated heterocycles. The summed E-state index contributed by atoms with van der Waals surface area (Å²) in [4.78, 5) is 31.9. The van der Waals surface area contributed by atoms with Crippen molar-refractivity contribution < 1.29 is 23.8 Å². The zero-order valence-corrected chi connectivity index (χ0v) is 19.6. The lowest BCUT2D eigenvalue weighted by Gasteiger charge is -2.36. The predicted molar refractivity (Wildman–Crippen MR) is 125 cm³/mol. The lowest BCUT2D eigenvalue weighted by atomic mass is 9.78. The van der Waals surface area contributed by atoms with E-state index in [1.165, 1.54) is 0 Å². The van der Waals surface area contributed by atoms with Gasteiger partial charge >= 0.3 is 5.97 Å². The summed E-state index contributed by atoms with van der Waals surface area (Å²) in [6, 6.07) is 5.78. The van der Waals surface area contributed by atoms with Gasteiger partial charge in [-0.25, -0.2) is 4.79 Å². The zero-order valence-electron chi connectivity index (χ0n) is 19.6. The molecule has 33 heavy (non-hydrogen) atoms. The van der Waals surface area contributed by atoms with Gasteiger partial charge in [-0.15, -0.1) is 0 Å². The Bertz CT molecular complexity index is 1090. The molecule has 8 nitrogen and oxygen atoms in total. The number of aromatic nitrogens is 1. The third kappa shape index (κ3) is 4.94. The van der Waals surface area contributed by atoms with E-state index in [0.717, 1.165) is 34.5 Å². The van der Waals surface area contributed by atoms with Crippen LogP contribution in [0.3, 0.4) is 0 Å². The molecule has 2 aliphatic rings. The van der Waals surface area contributed by atoms with Crippen LogP contribution in [0.25, 0.3) is 10.9 Å². The molecule has 2 unspecified atom stereocenters. The number of nitrogens with zero attached hydrogens (tertiary/aromatic N) is 2. The van der Waals surface area contributed by atoms with E-state index in [9.17, 15) is 9.59 Å². The summed E-state index contributed by atoms with van der Waals surface area (Å²) in [5, 5.41) is 9.16. The molecule has 1 aliphatic heterocycles. The number of esters is 1. The number of pyridine rings is 1. The van der Waals surface area contributed by atoms with Gasteiger partial charge in [0.2, 0.25) is 0 Å². The Morgan fingerprint density at radius 1 is 1.30 bits per heavy atom. The maximum absolute atomic E-state index is 12.9. The molecule has 1 aliphatic carbocycles. The molecule has 1 saturated carbocycles. The van der Waals surface area contributed by atoms with Gasteiger partial charge in [-0.3, -0.25) is 15.2 Å². The molecule has 0 bridgehead atoms. The van der Waals surface area contributed by atoms with E-state index in [4.69, 9.17) is 19.6 Å². The van der Waals surface area contributed by atoms with Gasteiger partial charge in [-0.2, -0.15) is 0 Å². The quantitative estimate of drug-likeness (QED) is 0.543. The van der Waals surface area contributed by atoms with Crippen LogP contribution >= 0.6 is 0 Å². The second kappa shape index (κ2) is 9.00. The topological polar surface area (TPSA) is 102 Å². The summed E-state index contributed by atoms with van der Waals surface area (Å²) >= 11 is 0. The Morgan fingerprint density at radius 2 is 2.09 bits per heavy atom. The van der Waals surface area contributed by atoms with Crippen molar-refractivity contribution in [1.82, 2.24) is 4.98 Å². The minimum Gasteiger partial charge on any atom is -0.497 e. The third-order valence-electron chi connectivity index (χ3n) is 6.14. The molecule has 1 fully saturated rings. The Hall–Kier alpha value is -3.16. The van der Waals surface area contributed by atoms with Crippen LogP contribution in [0.5, 0.6) is 11.5 Å². The number of hydrogen-bond acceptors (Lipinski definition) is 8. The van der Waals surface area contributed by atoms with Crippen molar-refractivity contribution in [2.24, 2.45) is 11.8 Å². The van der Waals surface area contributed by atoms with Gasteiger partial charge in [0.15, 0.2) is 5.75 Å². The molecule has 0 radical (unpaired) electrons. The molecule has 176 valence electrons. The second-order valence-corrected chi connectivity index (χ2v) is 9.73. The van der Waals surface area contributed by atoms with Gasteiger partial charge < -0.3 is 19.1 Å². The minimum absolute atomic E-state index is 0.0585. The number of nitrogens with one attached hydrogen (secondary N) is 1. The van der Waals surface area contributed by atoms with Crippen LogP contribution in [0.15, 0.2) is 24.4 Å². The number of fused-ring (bicyclic) bond motifs is 3. The van der Waals surface area contributed by atoms with E-state index >= 15 is 0 Å². The molecule has 0 amide bonds. The maximum atomic E-state index is 12.9. The lowest BCUT2D eigenvalue weighted by molar-refractivity contribution is -0.147. The fourth-order valence-electron chi connectivity index (χ4n) is 4.60. The summed E-state index contributed by atoms with van der Waals surface area (Å²) in [7, 11) is 1.64. The van der Waals surface area contributed by atoms with Gasteiger partial charge in [0.25, 0.3) is 0 Å². The summed E-state index contributed by atoms with van der Waals surface area (Å²) in [6.45, 7) is 7.23. The monoisotopic (exact) mass is 453 g/mol. The largest absolute Gasteiger partial charge is 0.497 e. The van der Waals surface area contributed by atoms with Crippen LogP contribution in [0, 0.1) is 17.2 Å². The average Bonchev–Trinajstić information content (AvgIpc) is 2.77. The molecule has 1 aromatic heterocycles. The zero-order chi connectivity index (χ0) is 23.8. The molecule has 2 atom stereocenters. The molecule has 4 rings (SSSR count). The number of Topliss-reactive ketones (excluding diaryl/α,β-unsaturated/α-hetero) is 1. The van der Waals surface area contributed by atoms with E-state index in [0.29, 0.717) is 32.5 Å². The van der Waals surface area contributed by atoms with Gasteiger partial charge in [0, 0.05) is 18.4 Å². The number of ether oxygens (including phenoxy) is 3. The molecule has 1 aromatic carbocycles. The highest BCUT2D eigenvalue weighted by molar-refractivity contribution is 6.39. The van der Waals surface area contributed by atoms with Gasteiger partial charge in [0.05, 0.1) is 37.0 Å². The van der Waals surface area contributed by atoms with Crippen molar-refractivity contribution in [3.8, 4) is 11.5 Å². The Morgan fingerprint density at radius 3 is 2.79 bits per heavy atom. The van der Waals surface area contributed by atoms with Gasteiger partial charge in [-0.1, -0.05) is 0 Å². The number of benzene rings is 1. The number of ketones is 1. The van der Waals surface area contributed by atoms with Crippen LogP contribution in [0.2, 0.25) is 0 Å². The van der Waals surface area contributed by atoms with Crippen LogP contribution in [-0.2, 0) is 14.3 Å². The van der Waals surface area contributed by atoms with E-state index in [1.807, 2.05) is 18.2 Å². The summed E-state index contributed by atoms with van der Waals surface area (Å²) in [5.74, 6) is 0.182. The van der Waals surface area contributed by atoms with Crippen molar-refractivity contribution in [3.63, 3.8) is 0 Å². The first kappa shape index (κ1) is 23.0. The molecule has 8 heteroatoms. The highest BCUT2D eigenvalue weighted by atomic mass is 16.6. The van der Waals surface area contributed by atoms with E-state index in [-0.39, 0.29) is 17.4 Å². The average molecular weight is 454 g/mol. The first-order chi connectivity index (χ1) is 15.7. The highest BCUT2D eigenvalue weighted by Crippen LogP contribution is 2.40. The number of anilines is 1. The summed E-state index contributed by atoms with van der Waals surface area (Å²) in [6.07, 6.45) is 3.35. The number of carbonyl (C=O) groups is 2. The van der Waals surface area contributed by atoms with E-state index < -0.39 is 17.5 Å². The standard InChI is InChI=1S/C25H31N3O5/c1-25(2,3)33-24(30)22(26)17-7-5-15(11-20(17)29)14-28-9-10-32-21-13-27-19-8-6-16(31-4)12-18(19)23(21)28/h6,8,12-13,15,17,26H,5,7,9-11,14H2,1-4H3. The highest BCUT2D eigenvalue weighted by Gasteiger charge is 2.37. The van der Waals surface area contributed by atoms with E-state index in [1.54, 1.807) is 34.1 Å². The number of carbonyl (C=O) groups excluding carboxylic acids is 2. The maximum Gasteiger partial charge on any atom is 0.353 e. The SMILES string of the molecule is COc1ccc2ncc3c(c2c1)N(CC1CCC(C(=N)C(=O)OC(C)(C)C)C(=O)C1)CCO3. The normalized spacial score (nSPS) is 20.7. The molecular weight excluding hydrogens is 422 g/mol. The van der Waals surface area contributed by atoms with Gasteiger partial charge in [-0.05, 0) is 57.7 Å². The number of rotatable bonds is 5. The predicted octanol–water partition coefficient (Wildman–Crippen LogP) is 3.79. The summed E-state index contributed by atoms with van der Waals surface area (Å²) < 4.78 is 16.6. The van der Waals surface area contributed by atoms with Crippen LogP contribution in [0.1, 0.15) is 40.0 Å². The van der Waals surface area contributed by atoms with Crippen molar-refractivity contribution in [2.75, 3.05) is 31.7 Å². The second-order valence-electron chi connectivity index (χ2n) is 9.73. The molecule has 0 spiro atoms. The Kier molecular flexibility index (Phi) is 6.28. The first-order valence-electron chi connectivity index (χ1n) is 11.4. The number of hydrogen-bond donors (Lipinski definition) is 1. The van der Waals surface area contributed by atoms with Crippen molar-refractivity contribution in [2.45, 2.75) is 45.6 Å². The van der Waals surface area contributed by atoms with Crippen LogP contribution in [0.4, 0.5) is 5.69 Å². The van der Waals surface area contributed by atoms with Crippen LogP contribution < -0.4 is 14.4 Å². The minimum atomic E-state index is -0.700. The molecule has 1 N–H and O–H groups in total. The number of methoxy groups -OCH3 is 1. The van der Waals surface area contributed by atoms with Crippen molar-refractivity contribution >= 4 is 34.1 Å². The molecule has 2 heterocycles. The Balaban J connectivity index is 1.49. The first-order valence-corrected chi connectivity index (χ1v) is 11.4. The summed E-state index contributed by atoms with van der Waals surface area (Å²) in [5.41, 5.74) is 0.916. The van der Waals surface area contributed by atoms with Crippen molar-refractivity contribution in [3.05, 3.63) is 24.4 Å². The molecule has 2 aromatic rings. The Labute approximate surface area is 193 Å². The van der Waals surface area contributed by atoms with Gasteiger partial charge in [0.1, 0.15) is 29.5 Å². The molecular formula is C25H31N3O5. The van der Waals surface area contributed by atoms with Crippen LogP contribution in [-0.4, -0.2) is 54.9 Å². The third-order valence-corrected chi connectivity index (χ3v) is 6.14. The lowest BCUT2D eigenvalue weighted by Crippen LogP contribution is -2.42.